The van der Waals surface area contributed by atoms with Crippen LogP contribution in [0.5, 0.6) is 0 Å². The fraction of sp³-hybridized carbons (Fsp3) is 0.400. The van der Waals surface area contributed by atoms with Crippen molar-refractivity contribution in [2.24, 2.45) is 0 Å². The van der Waals surface area contributed by atoms with E-state index in [0.717, 1.165) is 50.3 Å². The molecule has 0 bridgehead atoms. The van der Waals surface area contributed by atoms with Crippen LogP contribution in [0.15, 0.2) is 42.5 Å². The zero-order valence-corrected chi connectivity index (χ0v) is 14.6. The predicted octanol–water partition coefficient (Wildman–Crippen LogP) is 2.64. The van der Waals surface area contributed by atoms with E-state index in [9.17, 15) is 9.90 Å². The summed E-state index contributed by atoms with van der Waals surface area (Å²) in [5, 5.41) is 12.4. The van der Waals surface area contributed by atoms with Crippen molar-refractivity contribution in [1.82, 2.24) is 9.88 Å². The standard InChI is InChI=1S/C20H25N3O2/c1-15-3-2-4-19(21-15)20(25)22-17-7-5-16(6-8-17)9-12-23-13-10-18(24)11-14-23/h2-8,18,24H,9-14H2,1H3,(H,22,25). The molecule has 0 spiro atoms. The van der Waals surface area contributed by atoms with Gasteiger partial charge in [-0.05, 0) is 56.0 Å². The maximum Gasteiger partial charge on any atom is 0.274 e. The molecule has 2 N–H and O–H groups in total. The van der Waals surface area contributed by atoms with Crippen molar-refractivity contribution in [3.8, 4) is 0 Å². The average molecular weight is 339 g/mol. The first-order chi connectivity index (χ1) is 12.1. The molecule has 0 saturated carbocycles. The first kappa shape index (κ1) is 17.6. The number of aryl methyl sites for hydroxylation is 1. The van der Waals surface area contributed by atoms with Crippen LogP contribution in [0.25, 0.3) is 0 Å². The van der Waals surface area contributed by atoms with Gasteiger partial charge < -0.3 is 15.3 Å². The van der Waals surface area contributed by atoms with Gasteiger partial charge in [0.1, 0.15) is 5.69 Å². The minimum atomic E-state index is -0.191. The number of amides is 1. The number of aliphatic hydroxyl groups is 1. The van der Waals surface area contributed by atoms with Crippen LogP contribution in [-0.2, 0) is 6.42 Å². The predicted molar refractivity (Wildman–Crippen MR) is 98.8 cm³/mol. The number of carbonyl (C=O) groups is 1. The highest BCUT2D eigenvalue weighted by Crippen LogP contribution is 2.14. The summed E-state index contributed by atoms with van der Waals surface area (Å²) in [6.45, 7) is 4.82. The zero-order valence-electron chi connectivity index (χ0n) is 14.6. The summed E-state index contributed by atoms with van der Waals surface area (Å²) < 4.78 is 0. The summed E-state index contributed by atoms with van der Waals surface area (Å²) in [5.41, 5.74) is 3.28. The number of likely N-dealkylation sites (tertiary alicyclic amines) is 1. The quantitative estimate of drug-likeness (QED) is 0.879. The summed E-state index contributed by atoms with van der Waals surface area (Å²) in [7, 11) is 0. The lowest BCUT2D eigenvalue weighted by atomic mass is 10.1. The fourth-order valence-corrected chi connectivity index (χ4v) is 3.05. The SMILES string of the molecule is Cc1cccc(C(=O)Nc2ccc(CCN3CCC(O)CC3)cc2)n1. The van der Waals surface area contributed by atoms with Gasteiger partial charge in [0.2, 0.25) is 0 Å². The first-order valence-corrected chi connectivity index (χ1v) is 8.84. The minimum absolute atomic E-state index is 0.123. The number of benzene rings is 1. The number of nitrogens with zero attached hydrogens (tertiary/aromatic N) is 2. The van der Waals surface area contributed by atoms with E-state index in [-0.39, 0.29) is 12.0 Å². The lowest BCUT2D eigenvalue weighted by Gasteiger charge is -2.29. The van der Waals surface area contributed by atoms with E-state index < -0.39 is 0 Å². The van der Waals surface area contributed by atoms with Crippen molar-refractivity contribution >= 4 is 11.6 Å². The fourth-order valence-electron chi connectivity index (χ4n) is 3.05. The molecule has 2 aromatic rings. The highest BCUT2D eigenvalue weighted by molar-refractivity contribution is 6.02. The van der Waals surface area contributed by atoms with Gasteiger partial charge in [0.25, 0.3) is 5.91 Å². The highest BCUT2D eigenvalue weighted by Gasteiger charge is 2.16. The van der Waals surface area contributed by atoms with E-state index >= 15 is 0 Å². The molecule has 0 radical (unpaired) electrons. The lowest BCUT2D eigenvalue weighted by Crippen LogP contribution is -2.37. The van der Waals surface area contributed by atoms with Crippen LogP contribution in [0.3, 0.4) is 0 Å². The van der Waals surface area contributed by atoms with E-state index in [1.165, 1.54) is 5.56 Å². The van der Waals surface area contributed by atoms with E-state index in [4.69, 9.17) is 0 Å². The molecule has 0 atom stereocenters. The Balaban J connectivity index is 1.51. The summed E-state index contributed by atoms with van der Waals surface area (Å²) in [5.74, 6) is -0.191. The molecule has 1 aromatic carbocycles. The van der Waals surface area contributed by atoms with Crippen LogP contribution in [-0.4, -0.2) is 46.6 Å². The number of piperidine rings is 1. The number of anilines is 1. The Morgan fingerprint density at radius 3 is 2.60 bits per heavy atom. The molecule has 2 heterocycles. The van der Waals surface area contributed by atoms with Crippen molar-refractivity contribution in [3.63, 3.8) is 0 Å². The Hall–Kier alpha value is -2.24. The largest absolute Gasteiger partial charge is 0.393 e. The van der Waals surface area contributed by atoms with Crippen LogP contribution < -0.4 is 5.32 Å². The Bertz CT molecular complexity index is 707. The Kier molecular flexibility index (Phi) is 5.79. The average Bonchev–Trinajstić information content (AvgIpc) is 2.62. The number of carbonyl (C=O) groups excluding carboxylic acids is 1. The monoisotopic (exact) mass is 339 g/mol. The third kappa shape index (κ3) is 5.11. The van der Waals surface area contributed by atoms with Crippen molar-refractivity contribution in [2.45, 2.75) is 32.3 Å². The smallest absolute Gasteiger partial charge is 0.274 e. The number of hydrogen-bond donors (Lipinski definition) is 2. The molecule has 5 nitrogen and oxygen atoms in total. The Morgan fingerprint density at radius 2 is 1.92 bits per heavy atom. The molecule has 3 rings (SSSR count). The molecule has 5 heteroatoms. The maximum absolute atomic E-state index is 12.2. The molecule has 1 aliphatic heterocycles. The lowest BCUT2D eigenvalue weighted by molar-refractivity contribution is 0.0832. The van der Waals surface area contributed by atoms with Gasteiger partial charge in [-0.1, -0.05) is 18.2 Å². The molecule has 0 unspecified atom stereocenters. The second-order valence-corrected chi connectivity index (χ2v) is 6.64. The Labute approximate surface area is 148 Å². The van der Waals surface area contributed by atoms with E-state index in [1.807, 2.05) is 31.2 Å². The highest BCUT2D eigenvalue weighted by atomic mass is 16.3. The van der Waals surface area contributed by atoms with Gasteiger partial charge in [0.05, 0.1) is 6.10 Å². The van der Waals surface area contributed by atoms with Crippen molar-refractivity contribution in [2.75, 3.05) is 25.0 Å². The number of pyridine rings is 1. The molecule has 1 aliphatic rings. The molecule has 25 heavy (non-hydrogen) atoms. The number of hydrogen-bond acceptors (Lipinski definition) is 4. The van der Waals surface area contributed by atoms with Gasteiger partial charge in [-0.15, -0.1) is 0 Å². The molecular weight excluding hydrogens is 314 g/mol. The van der Waals surface area contributed by atoms with Crippen LogP contribution >= 0.6 is 0 Å². The molecular formula is C20H25N3O2. The van der Waals surface area contributed by atoms with E-state index in [2.05, 4.69) is 27.3 Å². The van der Waals surface area contributed by atoms with Gasteiger partial charge in [-0.25, -0.2) is 4.98 Å². The van der Waals surface area contributed by atoms with Crippen LogP contribution in [0.1, 0.15) is 34.6 Å². The van der Waals surface area contributed by atoms with Gasteiger partial charge in [0.15, 0.2) is 0 Å². The molecule has 1 fully saturated rings. The second kappa shape index (κ2) is 8.23. The first-order valence-electron chi connectivity index (χ1n) is 8.84. The number of aromatic nitrogens is 1. The third-order valence-corrected chi connectivity index (χ3v) is 4.61. The number of nitrogens with one attached hydrogen (secondary N) is 1. The van der Waals surface area contributed by atoms with Crippen LogP contribution in [0.4, 0.5) is 5.69 Å². The van der Waals surface area contributed by atoms with Gasteiger partial charge >= 0.3 is 0 Å². The Morgan fingerprint density at radius 1 is 1.20 bits per heavy atom. The van der Waals surface area contributed by atoms with Crippen LogP contribution in [0.2, 0.25) is 0 Å². The molecule has 1 amide bonds. The second-order valence-electron chi connectivity index (χ2n) is 6.64. The normalized spacial score (nSPS) is 15.9. The van der Waals surface area contributed by atoms with E-state index in [1.54, 1.807) is 6.07 Å². The van der Waals surface area contributed by atoms with E-state index in [0.29, 0.717) is 5.69 Å². The summed E-state index contributed by atoms with van der Waals surface area (Å²) in [6.07, 6.45) is 2.60. The minimum Gasteiger partial charge on any atom is -0.393 e. The number of rotatable bonds is 5. The van der Waals surface area contributed by atoms with Crippen molar-refractivity contribution in [1.29, 1.82) is 0 Å². The summed E-state index contributed by atoms with van der Waals surface area (Å²) in [4.78, 5) is 18.8. The topological polar surface area (TPSA) is 65.5 Å². The number of aliphatic hydroxyl groups excluding tert-OH is 1. The molecule has 0 aliphatic carbocycles. The van der Waals surface area contributed by atoms with Gasteiger partial charge in [0, 0.05) is 31.0 Å². The summed E-state index contributed by atoms with van der Waals surface area (Å²) >= 11 is 0. The summed E-state index contributed by atoms with van der Waals surface area (Å²) in [6, 6.07) is 13.4. The van der Waals surface area contributed by atoms with Gasteiger partial charge in [-0.3, -0.25) is 4.79 Å². The maximum atomic E-state index is 12.2. The van der Waals surface area contributed by atoms with Crippen molar-refractivity contribution in [3.05, 3.63) is 59.4 Å². The zero-order chi connectivity index (χ0) is 17.6. The molecule has 132 valence electrons. The van der Waals surface area contributed by atoms with Crippen LogP contribution in [0, 0.1) is 6.92 Å². The van der Waals surface area contributed by atoms with Crippen molar-refractivity contribution < 1.29 is 9.90 Å². The van der Waals surface area contributed by atoms with Gasteiger partial charge in [-0.2, -0.15) is 0 Å². The molecule has 1 saturated heterocycles. The molecule has 1 aromatic heterocycles. The third-order valence-electron chi connectivity index (χ3n) is 4.61.